The zero-order valence-electron chi connectivity index (χ0n) is 10.1. The van der Waals surface area contributed by atoms with E-state index < -0.39 is 0 Å². The normalized spacial score (nSPS) is 10.3. The molecule has 0 fully saturated rings. The third-order valence-corrected chi connectivity index (χ3v) is 3.17. The molecule has 0 unspecified atom stereocenters. The molecule has 0 aliphatic carbocycles. The van der Waals surface area contributed by atoms with Crippen LogP contribution in [0.3, 0.4) is 0 Å². The Labute approximate surface area is 110 Å². The molecule has 0 spiro atoms. The maximum absolute atomic E-state index is 12.2. The molecule has 0 bridgehead atoms. The van der Waals surface area contributed by atoms with Gasteiger partial charge in [0.2, 0.25) is 0 Å². The van der Waals surface area contributed by atoms with E-state index in [0.717, 1.165) is 4.47 Å². The van der Waals surface area contributed by atoms with Crippen LogP contribution in [0.15, 0.2) is 22.7 Å². The number of halogens is 1. The molecule has 94 valence electrons. The number of hydrogen-bond acceptors (Lipinski definition) is 3. The summed E-state index contributed by atoms with van der Waals surface area (Å²) in [5.41, 5.74) is 6.94. The second-order valence-corrected chi connectivity index (χ2v) is 4.47. The summed E-state index contributed by atoms with van der Waals surface area (Å²) in [4.78, 5) is 13.9. The standard InChI is InChI=1S/C12H17BrN2O2/c1-3-15(6-7-17-2)12(16)9-4-5-11(14)10(13)8-9/h4-5,8H,3,6-7,14H2,1-2H3. The third-order valence-electron chi connectivity index (χ3n) is 2.48. The molecule has 0 heterocycles. The molecule has 4 nitrogen and oxygen atoms in total. The number of amides is 1. The average molecular weight is 301 g/mol. The highest BCUT2D eigenvalue weighted by Crippen LogP contribution is 2.21. The number of nitrogen functional groups attached to an aromatic ring is 1. The minimum atomic E-state index is -0.00903. The first-order valence-electron chi connectivity index (χ1n) is 5.43. The number of carbonyl (C=O) groups excluding carboxylic acids is 1. The van der Waals surface area contributed by atoms with Gasteiger partial charge in [-0.1, -0.05) is 0 Å². The van der Waals surface area contributed by atoms with Crippen molar-refractivity contribution < 1.29 is 9.53 Å². The number of likely N-dealkylation sites (N-methyl/N-ethyl adjacent to an activating group) is 1. The number of anilines is 1. The van der Waals surface area contributed by atoms with Crippen LogP contribution in [-0.2, 0) is 4.74 Å². The Morgan fingerprint density at radius 1 is 1.53 bits per heavy atom. The van der Waals surface area contributed by atoms with E-state index in [0.29, 0.717) is 30.9 Å². The van der Waals surface area contributed by atoms with Crippen LogP contribution < -0.4 is 5.73 Å². The number of nitrogens with two attached hydrogens (primary N) is 1. The summed E-state index contributed by atoms with van der Waals surface area (Å²) >= 11 is 3.32. The molecule has 0 saturated heterocycles. The van der Waals surface area contributed by atoms with E-state index in [1.54, 1.807) is 30.2 Å². The van der Waals surface area contributed by atoms with E-state index in [4.69, 9.17) is 10.5 Å². The van der Waals surface area contributed by atoms with Crippen LogP contribution in [0.1, 0.15) is 17.3 Å². The highest BCUT2D eigenvalue weighted by molar-refractivity contribution is 9.10. The van der Waals surface area contributed by atoms with Crippen LogP contribution in [0.5, 0.6) is 0 Å². The summed E-state index contributed by atoms with van der Waals surface area (Å²) in [6.45, 7) is 3.73. The molecule has 0 saturated carbocycles. The second-order valence-electron chi connectivity index (χ2n) is 3.61. The van der Waals surface area contributed by atoms with Gasteiger partial charge in [0.05, 0.1) is 6.61 Å². The van der Waals surface area contributed by atoms with E-state index in [2.05, 4.69) is 15.9 Å². The van der Waals surface area contributed by atoms with Crippen molar-refractivity contribution in [3.63, 3.8) is 0 Å². The van der Waals surface area contributed by atoms with Gasteiger partial charge in [0.15, 0.2) is 0 Å². The van der Waals surface area contributed by atoms with Gasteiger partial charge in [-0.3, -0.25) is 4.79 Å². The Bertz CT molecular complexity index is 396. The zero-order chi connectivity index (χ0) is 12.8. The SMILES string of the molecule is CCN(CCOC)C(=O)c1ccc(N)c(Br)c1. The van der Waals surface area contributed by atoms with Gasteiger partial charge in [-0.15, -0.1) is 0 Å². The van der Waals surface area contributed by atoms with E-state index >= 15 is 0 Å². The fraction of sp³-hybridized carbons (Fsp3) is 0.417. The lowest BCUT2D eigenvalue weighted by molar-refractivity contribution is 0.0706. The summed E-state index contributed by atoms with van der Waals surface area (Å²) in [5, 5.41) is 0. The van der Waals surface area contributed by atoms with E-state index in [9.17, 15) is 4.79 Å². The van der Waals surface area contributed by atoms with Gasteiger partial charge in [-0.2, -0.15) is 0 Å². The van der Waals surface area contributed by atoms with Crippen LogP contribution in [-0.4, -0.2) is 37.6 Å². The Kier molecular flexibility index (Phi) is 5.44. The molecule has 0 radical (unpaired) electrons. The van der Waals surface area contributed by atoms with Crippen molar-refractivity contribution in [2.45, 2.75) is 6.92 Å². The van der Waals surface area contributed by atoms with E-state index in [-0.39, 0.29) is 5.91 Å². The first kappa shape index (κ1) is 14.0. The average Bonchev–Trinajstić information content (AvgIpc) is 2.33. The molecule has 0 aliphatic rings. The lowest BCUT2D eigenvalue weighted by Gasteiger charge is -2.20. The summed E-state index contributed by atoms with van der Waals surface area (Å²) in [5.74, 6) is -0.00903. The van der Waals surface area contributed by atoms with Gasteiger partial charge in [0.25, 0.3) is 5.91 Å². The fourth-order valence-corrected chi connectivity index (χ4v) is 1.83. The van der Waals surface area contributed by atoms with E-state index in [1.807, 2.05) is 6.92 Å². The van der Waals surface area contributed by atoms with Crippen LogP contribution in [0.4, 0.5) is 5.69 Å². The highest BCUT2D eigenvalue weighted by atomic mass is 79.9. The van der Waals surface area contributed by atoms with Gasteiger partial charge >= 0.3 is 0 Å². The molecule has 17 heavy (non-hydrogen) atoms. The molecule has 1 aromatic rings. The molecule has 0 aliphatic heterocycles. The molecular weight excluding hydrogens is 284 g/mol. The molecule has 2 N–H and O–H groups in total. The molecule has 1 rings (SSSR count). The van der Waals surface area contributed by atoms with Gasteiger partial charge in [0.1, 0.15) is 0 Å². The van der Waals surface area contributed by atoms with Crippen LogP contribution in [0, 0.1) is 0 Å². The molecule has 1 amide bonds. The number of carbonyl (C=O) groups is 1. The number of ether oxygens (including phenoxy) is 1. The maximum Gasteiger partial charge on any atom is 0.253 e. The summed E-state index contributed by atoms with van der Waals surface area (Å²) in [6, 6.07) is 5.20. The molecular formula is C12H17BrN2O2. The minimum Gasteiger partial charge on any atom is -0.398 e. The molecule has 1 aromatic carbocycles. The predicted octanol–water partition coefficient (Wildman–Crippen LogP) is 2.14. The lowest BCUT2D eigenvalue weighted by Crippen LogP contribution is -2.33. The number of hydrogen-bond donors (Lipinski definition) is 1. The zero-order valence-corrected chi connectivity index (χ0v) is 11.7. The number of nitrogens with zero attached hydrogens (tertiary/aromatic N) is 1. The number of rotatable bonds is 5. The summed E-state index contributed by atoms with van der Waals surface area (Å²) < 4.78 is 5.72. The van der Waals surface area contributed by atoms with Crippen molar-refractivity contribution in [2.24, 2.45) is 0 Å². The van der Waals surface area contributed by atoms with E-state index in [1.165, 1.54) is 0 Å². The molecule has 0 aromatic heterocycles. The quantitative estimate of drug-likeness (QED) is 0.848. The lowest BCUT2D eigenvalue weighted by atomic mass is 10.2. The summed E-state index contributed by atoms with van der Waals surface area (Å²) in [6.07, 6.45) is 0. The van der Waals surface area contributed by atoms with Gasteiger partial charge in [-0.25, -0.2) is 0 Å². The Morgan fingerprint density at radius 2 is 2.24 bits per heavy atom. The van der Waals surface area contributed by atoms with Crippen molar-refractivity contribution in [1.29, 1.82) is 0 Å². The smallest absolute Gasteiger partial charge is 0.253 e. The summed E-state index contributed by atoms with van der Waals surface area (Å²) in [7, 11) is 1.62. The van der Waals surface area contributed by atoms with Crippen LogP contribution in [0.25, 0.3) is 0 Å². The Hall–Kier alpha value is -1.07. The Morgan fingerprint density at radius 3 is 2.76 bits per heavy atom. The van der Waals surface area contributed by atoms with Crippen molar-refractivity contribution in [3.8, 4) is 0 Å². The van der Waals surface area contributed by atoms with Crippen LogP contribution in [0.2, 0.25) is 0 Å². The second kappa shape index (κ2) is 6.61. The third kappa shape index (κ3) is 3.71. The number of benzene rings is 1. The first-order chi connectivity index (χ1) is 8.10. The Balaban J connectivity index is 2.82. The first-order valence-corrected chi connectivity index (χ1v) is 6.22. The highest BCUT2D eigenvalue weighted by Gasteiger charge is 2.14. The minimum absolute atomic E-state index is 0.00903. The maximum atomic E-state index is 12.2. The predicted molar refractivity (Wildman–Crippen MR) is 72.0 cm³/mol. The molecule has 5 heteroatoms. The van der Waals surface area contributed by atoms with Crippen molar-refractivity contribution in [1.82, 2.24) is 4.90 Å². The monoisotopic (exact) mass is 300 g/mol. The van der Waals surface area contributed by atoms with Crippen molar-refractivity contribution >= 4 is 27.5 Å². The molecule has 0 atom stereocenters. The fourth-order valence-electron chi connectivity index (χ4n) is 1.45. The van der Waals surface area contributed by atoms with Crippen molar-refractivity contribution in [3.05, 3.63) is 28.2 Å². The van der Waals surface area contributed by atoms with Gasteiger partial charge in [-0.05, 0) is 41.1 Å². The number of methoxy groups -OCH3 is 1. The van der Waals surface area contributed by atoms with Crippen LogP contribution >= 0.6 is 15.9 Å². The van der Waals surface area contributed by atoms with Gasteiger partial charge in [0, 0.05) is 35.9 Å². The topological polar surface area (TPSA) is 55.6 Å². The largest absolute Gasteiger partial charge is 0.398 e. The van der Waals surface area contributed by atoms with Crippen molar-refractivity contribution in [2.75, 3.05) is 32.5 Å². The van der Waals surface area contributed by atoms with Gasteiger partial charge < -0.3 is 15.4 Å².